The van der Waals surface area contributed by atoms with Gasteiger partial charge in [0.1, 0.15) is 0 Å². The Balaban J connectivity index is 2.19. The molecule has 0 aromatic heterocycles. The highest BCUT2D eigenvalue weighted by Gasteiger charge is 2.34. The van der Waals surface area contributed by atoms with Crippen molar-refractivity contribution in [3.05, 3.63) is 35.6 Å². The molecule has 0 amide bonds. The number of carboxylic acids is 1. The quantitative estimate of drug-likeness (QED) is 0.624. The van der Waals surface area contributed by atoms with E-state index in [9.17, 15) is 4.79 Å². The molecular weight excluding hydrogens is 192 g/mol. The van der Waals surface area contributed by atoms with E-state index in [4.69, 9.17) is 10.8 Å². The van der Waals surface area contributed by atoms with E-state index < -0.39 is 5.97 Å². The van der Waals surface area contributed by atoms with Crippen LogP contribution in [-0.4, -0.2) is 23.7 Å². The standard InChI is InChI=1S/C11H14N2O2/c12-5-4-7-2-1-3-8-9(11(14)15)6-13-10(7)8/h1-3,6,8,10,13H,4-5,12H2,(H,14,15). The van der Waals surface area contributed by atoms with Crippen LogP contribution in [0.5, 0.6) is 0 Å². The number of hydrogen-bond donors (Lipinski definition) is 3. The molecule has 0 spiro atoms. The molecule has 1 aliphatic carbocycles. The number of carbonyl (C=O) groups is 1. The highest BCUT2D eigenvalue weighted by Crippen LogP contribution is 2.31. The topological polar surface area (TPSA) is 75.4 Å². The van der Waals surface area contributed by atoms with Gasteiger partial charge >= 0.3 is 5.97 Å². The fourth-order valence-electron chi connectivity index (χ4n) is 2.12. The SMILES string of the molecule is NCCC1=CC=CC2C(C(=O)O)=CNC12. The van der Waals surface area contributed by atoms with Crippen LogP contribution in [0.3, 0.4) is 0 Å². The third-order valence-electron chi connectivity index (χ3n) is 2.84. The molecule has 4 N–H and O–H groups in total. The van der Waals surface area contributed by atoms with Crippen LogP contribution in [0.4, 0.5) is 0 Å². The van der Waals surface area contributed by atoms with Crippen LogP contribution in [0.1, 0.15) is 6.42 Å². The van der Waals surface area contributed by atoms with E-state index >= 15 is 0 Å². The Bertz CT molecular complexity index is 369. The van der Waals surface area contributed by atoms with E-state index in [1.807, 2.05) is 18.2 Å². The minimum absolute atomic E-state index is 0.0472. The molecule has 4 nitrogen and oxygen atoms in total. The van der Waals surface area contributed by atoms with Crippen molar-refractivity contribution in [2.24, 2.45) is 11.7 Å². The van der Waals surface area contributed by atoms with Gasteiger partial charge in [0.15, 0.2) is 0 Å². The van der Waals surface area contributed by atoms with Gasteiger partial charge in [-0.3, -0.25) is 0 Å². The Labute approximate surface area is 88.2 Å². The molecule has 2 atom stereocenters. The molecule has 0 saturated carbocycles. The van der Waals surface area contributed by atoms with E-state index in [0.717, 1.165) is 6.42 Å². The van der Waals surface area contributed by atoms with Crippen LogP contribution in [0.15, 0.2) is 35.6 Å². The van der Waals surface area contributed by atoms with Crippen LogP contribution in [0.25, 0.3) is 0 Å². The van der Waals surface area contributed by atoms with Gasteiger partial charge in [-0.2, -0.15) is 0 Å². The van der Waals surface area contributed by atoms with E-state index in [0.29, 0.717) is 12.1 Å². The maximum absolute atomic E-state index is 10.9. The lowest BCUT2D eigenvalue weighted by Gasteiger charge is -2.24. The lowest BCUT2D eigenvalue weighted by molar-refractivity contribution is -0.133. The average molecular weight is 206 g/mol. The van der Waals surface area contributed by atoms with Gasteiger partial charge in [-0.1, -0.05) is 18.2 Å². The minimum Gasteiger partial charge on any atom is -0.478 e. The Hall–Kier alpha value is -1.55. The van der Waals surface area contributed by atoms with E-state index in [1.54, 1.807) is 6.20 Å². The molecule has 80 valence electrons. The summed E-state index contributed by atoms with van der Waals surface area (Å²) < 4.78 is 0. The fraction of sp³-hybridized carbons (Fsp3) is 0.364. The van der Waals surface area contributed by atoms with Crippen molar-refractivity contribution < 1.29 is 9.90 Å². The van der Waals surface area contributed by atoms with Gasteiger partial charge in [0, 0.05) is 12.1 Å². The molecule has 1 heterocycles. The molecule has 1 aliphatic heterocycles. The summed E-state index contributed by atoms with van der Waals surface area (Å²) >= 11 is 0. The summed E-state index contributed by atoms with van der Waals surface area (Å²) in [5, 5.41) is 12.1. The number of nitrogens with one attached hydrogen (secondary N) is 1. The summed E-state index contributed by atoms with van der Waals surface area (Å²) in [6.45, 7) is 0.590. The van der Waals surface area contributed by atoms with E-state index in [1.165, 1.54) is 5.57 Å². The van der Waals surface area contributed by atoms with Crippen molar-refractivity contribution in [2.45, 2.75) is 12.5 Å². The number of aliphatic carboxylic acids is 1. The molecule has 15 heavy (non-hydrogen) atoms. The van der Waals surface area contributed by atoms with Gasteiger partial charge in [-0.25, -0.2) is 4.79 Å². The Morgan fingerprint density at radius 3 is 3.07 bits per heavy atom. The molecule has 0 radical (unpaired) electrons. The highest BCUT2D eigenvalue weighted by atomic mass is 16.4. The van der Waals surface area contributed by atoms with Crippen LogP contribution < -0.4 is 11.1 Å². The molecular formula is C11H14N2O2. The van der Waals surface area contributed by atoms with Gasteiger partial charge < -0.3 is 16.2 Å². The molecule has 2 unspecified atom stereocenters. The second-order valence-electron chi connectivity index (χ2n) is 3.74. The van der Waals surface area contributed by atoms with Crippen LogP contribution in [0, 0.1) is 5.92 Å². The molecule has 0 aromatic carbocycles. The Morgan fingerprint density at radius 2 is 2.40 bits per heavy atom. The van der Waals surface area contributed by atoms with Gasteiger partial charge in [-0.05, 0) is 18.5 Å². The number of allylic oxidation sites excluding steroid dienone is 2. The van der Waals surface area contributed by atoms with Gasteiger partial charge in [0.2, 0.25) is 0 Å². The maximum atomic E-state index is 10.9. The zero-order chi connectivity index (χ0) is 10.8. The highest BCUT2D eigenvalue weighted by molar-refractivity contribution is 5.88. The number of hydrogen-bond acceptors (Lipinski definition) is 3. The molecule has 0 saturated heterocycles. The van der Waals surface area contributed by atoms with Crippen molar-refractivity contribution in [3.8, 4) is 0 Å². The first-order valence-electron chi connectivity index (χ1n) is 5.00. The largest absolute Gasteiger partial charge is 0.478 e. The number of nitrogens with two attached hydrogens (primary N) is 1. The van der Waals surface area contributed by atoms with Gasteiger partial charge in [0.25, 0.3) is 0 Å². The first-order valence-corrected chi connectivity index (χ1v) is 5.00. The Kier molecular flexibility index (Phi) is 2.60. The van der Waals surface area contributed by atoms with Crippen LogP contribution in [-0.2, 0) is 4.79 Å². The van der Waals surface area contributed by atoms with Crippen molar-refractivity contribution in [1.29, 1.82) is 0 Å². The first kappa shape index (κ1) is 9.98. The summed E-state index contributed by atoms with van der Waals surface area (Å²) in [4.78, 5) is 10.9. The van der Waals surface area contributed by atoms with Crippen molar-refractivity contribution in [1.82, 2.24) is 5.32 Å². The summed E-state index contributed by atoms with van der Waals surface area (Å²) in [6, 6.07) is 0.0876. The van der Waals surface area contributed by atoms with E-state index in [2.05, 4.69) is 5.32 Å². The summed E-state index contributed by atoms with van der Waals surface area (Å²) in [5.41, 5.74) is 7.12. The maximum Gasteiger partial charge on any atom is 0.333 e. The number of rotatable bonds is 3. The van der Waals surface area contributed by atoms with Crippen molar-refractivity contribution in [3.63, 3.8) is 0 Å². The second-order valence-corrected chi connectivity index (χ2v) is 3.74. The zero-order valence-electron chi connectivity index (χ0n) is 8.31. The third kappa shape index (κ3) is 1.68. The monoisotopic (exact) mass is 206 g/mol. The van der Waals surface area contributed by atoms with E-state index in [-0.39, 0.29) is 12.0 Å². The Morgan fingerprint density at radius 1 is 1.60 bits per heavy atom. The predicted octanol–water partition coefficient (Wildman–Crippen LogP) is 0.388. The lowest BCUT2D eigenvalue weighted by Crippen LogP contribution is -2.32. The smallest absolute Gasteiger partial charge is 0.333 e. The second kappa shape index (κ2) is 3.90. The summed E-state index contributed by atoms with van der Waals surface area (Å²) in [6.07, 6.45) is 8.25. The normalized spacial score (nSPS) is 27.8. The lowest BCUT2D eigenvalue weighted by atomic mass is 9.85. The zero-order valence-corrected chi connectivity index (χ0v) is 8.31. The van der Waals surface area contributed by atoms with Gasteiger partial charge in [0.05, 0.1) is 11.6 Å². The number of carboxylic acid groups (broad SMARTS) is 1. The minimum atomic E-state index is -0.853. The first-order chi connectivity index (χ1) is 7.24. The molecule has 0 fully saturated rings. The fourth-order valence-corrected chi connectivity index (χ4v) is 2.12. The molecule has 2 aliphatic rings. The summed E-state index contributed by atoms with van der Waals surface area (Å²) in [5.74, 6) is -0.900. The molecule has 2 rings (SSSR count). The van der Waals surface area contributed by atoms with Crippen molar-refractivity contribution >= 4 is 5.97 Å². The van der Waals surface area contributed by atoms with Crippen molar-refractivity contribution in [2.75, 3.05) is 6.54 Å². The molecule has 0 aromatic rings. The average Bonchev–Trinajstić information content (AvgIpc) is 2.62. The molecule has 0 bridgehead atoms. The predicted molar refractivity (Wildman–Crippen MR) is 57.0 cm³/mol. The van der Waals surface area contributed by atoms with Gasteiger partial charge in [-0.15, -0.1) is 0 Å². The van der Waals surface area contributed by atoms with Crippen LogP contribution in [0.2, 0.25) is 0 Å². The number of fused-ring (bicyclic) bond motifs is 1. The van der Waals surface area contributed by atoms with Crippen LogP contribution >= 0.6 is 0 Å². The summed E-state index contributed by atoms with van der Waals surface area (Å²) in [7, 11) is 0. The molecule has 4 heteroatoms. The third-order valence-corrected chi connectivity index (χ3v) is 2.84.